The first-order chi connectivity index (χ1) is 6.59. The highest BCUT2D eigenvalue weighted by molar-refractivity contribution is 4.74. The summed E-state index contributed by atoms with van der Waals surface area (Å²) in [6.45, 7) is 6.31. The van der Waals surface area contributed by atoms with Crippen LogP contribution in [0.3, 0.4) is 0 Å². The minimum absolute atomic E-state index is 0.125. The summed E-state index contributed by atoms with van der Waals surface area (Å²) < 4.78 is 6.81. The molecule has 0 amide bonds. The van der Waals surface area contributed by atoms with Crippen LogP contribution in [-0.4, -0.2) is 44.1 Å². The van der Waals surface area contributed by atoms with Crippen molar-refractivity contribution < 1.29 is 9.84 Å². The molecule has 0 saturated carbocycles. The summed E-state index contributed by atoms with van der Waals surface area (Å²) in [4.78, 5) is 0. The molecule has 1 aromatic rings. The number of rotatable bonds is 5. The van der Waals surface area contributed by atoms with E-state index in [9.17, 15) is 5.11 Å². The predicted molar refractivity (Wildman–Crippen MR) is 49.6 cm³/mol. The van der Waals surface area contributed by atoms with Crippen molar-refractivity contribution in [2.24, 2.45) is 0 Å². The van der Waals surface area contributed by atoms with E-state index in [1.807, 2.05) is 13.8 Å². The zero-order chi connectivity index (χ0) is 10.6. The van der Waals surface area contributed by atoms with Crippen molar-refractivity contribution in [2.75, 3.05) is 6.61 Å². The Morgan fingerprint density at radius 3 is 2.71 bits per heavy atom. The monoisotopic (exact) mass is 200 g/mol. The molecular formula is C8H16N4O2. The van der Waals surface area contributed by atoms with E-state index < -0.39 is 6.10 Å². The zero-order valence-electron chi connectivity index (χ0n) is 8.71. The lowest BCUT2D eigenvalue weighted by Crippen LogP contribution is -2.25. The van der Waals surface area contributed by atoms with Crippen molar-refractivity contribution in [1.82, 2.24) is 20.2 Å². The van der Waals surface area contributed by atoms with Gasteiger partial charge in [-0.05, 0) is 31.2 Å². The fourth-order valence-electron chi connectivity index (χ4n) is 0.974. The van der Waals surface area contributed by atoms with Crippen molar-refractivity contribution in [1.29, 1.82) is 0 Å². The van der Waals surface area contributed by atoms with Crippen molar-refractivity contribution in [2.45, 2.75) is 39.5 Å². The van der Waals surface area contributed by atoms with Crippen molar-refractivity contribution >= 4 is 0 Å². The number of hydrogen-bond acceptors (Lipinski definition) is 5. The first-order valence-electron chi connectivity index (χ1n) is 4.62. The van der Waals surface area contributed by atoms with Gasteiger partial charge in [0, 0.05) is 0 Å². The molecule has 0 radical (unpaired) electrons. The quantitative estimate of drug-likeness (QED) is 0.710. The Hall–Kier alpha value is -1.01. The van der Waals surface area contributed by atoms with Crippen molar-refractivity contribution in [3.63, 3.8) is 0 Å². The third kappa shape index (κ3) is 3.39. The standard InChI is InChI=1S/C8H16N4O2/c1-6(2)14-5-8(13)4-12-7(3)9-10-11-12/h6,8,13H,4-5H2,1-3H3. The topological polar surface area (TPSA) is 73.1 Å². The van der Waals surface area contributed by atoms with Gasteiger partial charge in [-0.25, -0.2) is 4.68 Å². The lowest BCUT2D eigenvalue weighted by atomic mass is 10.3. The Bertz CT molecular complexity index is 274. The molecule has 1 unspecified atom stereocenters. The summed E-state index contributed by atoms with van der Waals surface area (Å²) in [5.41, 5.74) is 0. The Balaban J connectivity index is 2.34. The Labute approximate surface area is 82.9 Å². The molecule has 0 fully saturated rings. The highest BCUT2D eigenvalue weighted by atomic mass is 16.5. The van der Waals surface area contributed by atoms with Crippen LogP contribution in [-0.2, 0) is 11.3 Å². The smallest absolute Gasteiger partial charge is 0.148 e. The first-order valence-corrected chi connectivity index (χ1v) is 4.62. The molecule has 0 saturated heterocycles. The lowest BCUT2D eigenvalue weighted by Gasteiger charge is -2.13. The fourth-order valence-corrected chi connectivity index (χ4v) is 0.974. The second-order valence-electron chi connectivity index (χ2n) is 3.44. The summed E-state index contributed by atoms with van der Waals surface area (Å²) in [5, 5.41) is 20.5. The summed E-state index contributed by atoms with van der Waals surface area (Å²) in [5.74, 6) is 0.689. The SMILES string of the molecule is Cc1nnnn1CC(O)COC(C)C. The van der Waals surface area contributed by atoms with Crippen molar-refractivity contribution in [3.8, 4) is 0 Å². The van der Waals surface area contributed by atoms with Gasteiger partial charge >= 0.3 is 0 Å². The average molecular weight is 200 g/mol. The largest absolute Gasteiger partial charge is 0.389 e. The number of tetrazole rings is 1. The Kier molecular flexibility index (Phi) is 3.97. The van der Waals surface area contributed by atoms with Gasteiger partial charge < -0.3 is 9.84 Å². The number of aliphatic hydroxyl groups is 1. The molecule has 1 rings (SSSR count). The molecule has 14 heavy (non-hydrogen) atoms. The van der Waals surface area contributed by atoms with Crippen LogP contribution < -0.4 is 0 Å². The maximum Gasteiger partial charge on any atom is 0.148 e. The third-order valence-electron chi connectivity index (χ3n) is 1.72. The van der Waals surface area contributed by atoms with Gasteiger partial charge in [0.1, 0.15) is 5.82 Å². The Morgan fingerprint density at radius 2 is 2.21 bits per heavy atom. The van der Waals surface area contributed by atoms with E-state index in [1.165, 1.54) is 0 Å². The van der Waals surface area contributed by atoms with Gasteiger partial charge in [-0.1, -0.05) is 0 Å². The Morgan fingerprint density at radius 1 is 1.50 bits per heavy atom. The molecule has 0 aromatic carbocycles. The van der Waals surface area contributed by atoms with Crippen LogP contribution in [0.15, 0.2) is 0 Å². The van der Waals surface area contributed by atoms with Crippen molar-refractivity contribution in [3.05, 3.63) is 5.82 Å². The number of aliphatic hydroxyl groups excluding tert-OH is 1. The molecule has 6 heteroatoms. The summed E-state index contributed by atoms with van der Waals surface area (Å²) in [7, 11) is 0. The van der Waals surface area contributed by atoms with Gasteiger partial charge in [0.2, 0.25) is 0 Å². The molecule has 1 N–H and O–H groups in total. The fraction of sp³-hybridized carbons (Fsp3) is 0.875. The second-order valence-corrected chi connectivity index (χ2v) is 3.44. The molecule has 0 aliphatic carbocycles. The van der Waals surface area contributed by atoms with Crippen LogP contribution >= 0.6 is 0 Å². The number of hydrogen-bond donors (Lipinski definition) is 1. The van der Waals surface area contributed by atoms with Gasteiger partial charge in [0.15, 0.2) is 0 Å². The molecular weight excluding hydrogens is 184 g/mol. The molecule has 6 nitrogen and oxygen atoms in total. The molecule has 0 aliphatic heterocycles. The third-order valence-corrected chi connectivity index (χ3v) is 1.72. The predicted octanol–water partition coefficient (Wildman–Crippen LogP) is -0.233. The lowest BCUT2D eigenvalue weighted by molar-refractivity contribution is -0.00245. The number of aromatic nitrogens is 4. The minimum atomic E-state index is -0.570. The van der Waals surface area contributed by atoms with E-state index in [0.717, 1.165) is 0 Å². The normalized spacial score (nSPS) is 13.5. The van der Waals surface area contributed by atoms with E-state index >= 15 is 0 Å². The molecule has 0 spiro atoms. The van der Waals surface area contributed by atoms with Crippen LogP contribution in [0.5, 0.6) is 0 Å². The van der Waals surface area contributed by atoms with E-state index in [4.69, 9.17) is 4.74 Å². The van der Waals surface area contributed by atoms with Crippen LogP contribution in [0.25, 0.3) is 0 Å². The van der Waals surface area contributed by atoms with E-state index in [2.05, 4.69) is 15.5 Å². The van der Waals surface area contributed by atoms with Gasteiger partial charge in [-0.2, -0.15) is 0 Å². The number of nitrogens with zero attached hydrogens (tertiary/aromatic N) is 4. The summed E-state index contributed by atoms with van der Waals surface area (Å²) >= 11 is 0. The molecule has 0 aliphatic rings. The molecule has 1 atom stereocenters. The molecule has 0 bridgehead atoms. The maximum atomic E-state index is 9.55. The van der Waals surface area contributed by atoms with Crippen LogP contribution in [0.1, 0.15) is 19.7 Å². The van der Waals surface area contributed by atoms with E-state index in [0.29, 0.717) is 19.0 Å². The van der Waals surface area contributed by atoms with Gasteiger partial charge in [0.05, 0.1) is 25.4 Å². The minimum Gasteiger partial charge on any atom is -0.389 e. The van der Waals surface area contributed by atoms with Crippen LogP contribution in [0.4, 0.5) is 0 Å². The van der Waals surface area contributed by atoms with Gasteiger partial charge in [-0.3, -0.25) is 0 Å². The number of ether oxygens (including phenoxy) is 1. The summed E-state index contributed by atoms with van der Waals surface area (Å²) in [6.07, 6.45) is -0.445. The van der Waals surface area contributed by atoms with E-state index in [1.54, 1.807) is 11.6 Å². The molecule has 1 aromatic heterocycles. The molecule has 80 valence electrons. The van der Waals surface area contributed by atoms with E-state index in [-0.39, 0.29) is 6.10 Å². The van der Waals surface area contributed by atoms with Gasteiger partial charge in [0.25, 0.3) is 0 Å². The summed E-state index contributed by atoms with van der Waals surface area (Å²) in [6, 6.07) is 0. The number of aryl methyl sites for hydroxylation is 1. The average Bonchev–Trinajstić information content (AvgIpc) is 2.49. The van der Waals surface area contributed by atoms with Crippen LogP contribution in [0.2, 0.25) is 0 Å². The molecule has 1 heterocycles. The second kappa shape index (κ2) is 5.02. The first kappa shape index (κ1) is 11.1. The zero-order valence-corrected chi connectivity index (χ0v) is 8.71. The van der Waals surface area contributed by atoms with Gasteiger partial charge in [-0.15, -0.1) is 5.10 Å². The highest BCUT2D eigenvalue weighted by Gasteiger charge is 2.09. The highest BCUT2D eigenvalue weighted by Crippen LogP contribution is 1.96. The van der Waals surface area contributed by atoms with Crippen LogP contribution in [0, 0.1) is 6.92 Å². The maximum absolute atomic E-state index is 9.55.